The van der Waals surface area contributed by atoms with Crippen LogP contribution in [0, 0.1) is 18.3 Å². The fourth-order valence-electron chi connectivity index (χ4n) is 3.86. The van der Waals surface area contributed by atoms with Crippen LogP contribution >= 0.6 is 0 Å². The van der Waals surface area contributed by atoms with Gasteiger partial charge in [0, 0.05) is 36.6 Å². The first kappa shape index (κ1) is 21.1. The Kier molecular flexibility index (Phi) is 6.18. The van der Waals surface area contributed by atoms with Crippen molar-refractivity contribution in [3.05, 3.63) is 95.1 Å². The molecule has 1 N–H and O–H groups in total. The minimum atomic E-state index is -0.169. The Labute approximate surface area is 187 Å². The molecule has 0 unspecified atom stereocenters. The van der Waals surface area contributed by atoms with Crippen LogP contribution in [-0.4, -0.2) is 29.9 Å². The third kappa shape index (κ3) is 4.62. The van der Waals surface area contributed by atoms with Gasteiger partial charge in [-0.15, -0.1) is 0 Å². The van der Waals surface area contributed by atoms with Crippen LogP contribution < -0.4 is 10.2 Å². The number of amides is 3. The van der Waals surface area contributed by atoms with Crippen molar-refractivity contribution in [3.63, 3.8) is 0 Å². The summed E-state index contributed by atoms with van der Waals surface area (Å²) in [6.07, 6.45) is 0.840. The minimum absolute atomic E-state index is 0.0828. The lowest BCUT2D eigenvalue weighted by atomic mass is 10.1. The Hall–Kier alpha value is -4.11. The second-order valence-corrected chi connectivity index (χ2v) is 7.85. The van der Waals surface area contributed by atoms with Gasteiger partial charge in [-0.1, -0.05) is 35.9 Å². The van der Waals surface area contributed by atoms with Crippen molar-refractivity contribution in [1.29, 1.82) is 5.26 Å². The van der Waals surface area contributed by atoms with Crippen molar-refractivity contribution in [2.75, 3.05) is 23.3 Å². The number of nitriles is 1. The van der Waals surface area contributed by atoms with Crippen LogP contribution in [0.3, 0.4) is 0 Å². The molecular weight excluding hydrogens is 400 g/mol. The Bertz CT molecular complexity index is 1180. The highest BCUT2D eigenvalue weighted by Crippen LogP contribution is 2.24. The highest BCUT2D eigenvalue weighted by atomic mass is 16.2. The average Bonchev–Trinajstić information content (AvgIpc) is 2.81. The summed E-state index contributed by atoms with van der Waals surface area (Å²) >= 11 is 0. The zero-order chi connectivity index (χ0) is 22.5. The normalized spacial score (nSPS) is 13.6. The quantitative estimate of drug-likeness (QED) is 0.629. The first-order valence-electron chi connectivity index (χ1n) is 10.6. The van der Waals surface area contributed by atoms with Crippen molar-refractivity contribution in [3.8, 4) is 6.07 Å². The topological polar surface area (TPSA) is 76.4 Å². The Morgan fingerprint density at radius 2 is 1.81 bits per heavy atom. The van der Waals surface area contributed by atoms with Gasteiger partial charge in [-0.25, -0.2) is 4.79 Å². The van der Waals surface area contributed by atoms with Gasteiger partial charge in [-0.3, -0.25) is 9.69 Å². The van der Waals surface area contributed by atoms with Crippen molar-refractivity contribution in [1.82, 2.24) is 4.90 Å². The summed E-state index contributed by atoms with van der Waals surface area (Å²) in [7, 11) is 0. The Morgan fingerprint density at radius 1 is 1.03 bits per heavy atom. The van der Waals surface area contributed by atoms with Gasteiger partial charge in [-0.2, -0.15) is 5.26 Å². The molecule has 0 saturated carbocycles. The lowest BCUT2D eigenvalue weighted by molar-refractivity contribution is 0.102. The molecule has 3 aromatic rings. The second-order valence-electron chi connectivity index (χ2n) is 7.85. The van der Waals surface area contributed by atoms with E-state index in [2.05, 4.69) is 11.4 Å². The van der Waals surface area contributed by atoms with Crippen molar-refractivity contribution in [2.24, 2.45) is 0 Å². The van der Waals surface area contributed by atoms with Gasteiger partial charge >= 0.3 is 6.03 Å². The zero-order valence-electron chi connectivity index (χ0n) is 17.9. The molecule has 3 amide bonds. The fraction of sp³-hybridized carbons (Fsp3) is 0.192. The molecule has 0 aromatic heterocycles. The second kappa shape index (κ2) is 9.36. The molecule has 0 radical (unpaired) electrons. The molecule has 0 atom stereocenters. The van der Waals surface area contributed by atoms with Crippen LogP contribution in [0.5, 0.6) is 0 Å². The fourth-order valence-corrected chi connectivity index (χ4v) is 3.86. The van der Waals surface area contributed by atoms with E-state index in [1.165, 1.54) is 0 Å². The maximum atomic E-state index is 13.1. The molecule has 1 fully saturated rings. The third-order valence-electron chi connectivity index (χ3n) is 5.53. The number of nitrogens with zero attached hydrogens (tertiary/aromatic N) is 3. The van der Waals surface area contributed by atoms with Crippen LogP contribution in [0.4, 0.5) is 16.2 Å². The minimum Gasteiger partial charge on any atom is -0.322 e. The summed E-state index contributed by atoms with van der Waals surface area (Å²) < 4.78 is 0. The van der Waals surface area contributed by atoms with Gasteiger partial charge in [0.25, 0.3) is 5.91 Å². The molecule has 3 aromatic carbocycles. The molecule has 0 aliphatic carbocycles. The molecule has 1 heterocycles. The monoisotopic (exact) mass is 424 g/mol. The molecule has 1 aliphatic rings. The first-order valence-corrected chi connectivity index (χ1v) is 10.6. The molecule has 160 valence electrons. The van der Waals surface area contributed by atoms with Gasteiger partial charge in [0.1, 0.15) is 0 Å². The molecule has 4 rings (SSSR count). The van der Waals surface area contributed by atoms with Gasteiger partial charge in [0.15, 0.2) is 0 Å². The van der Waals surface area contributed by atoms with Crippen molar-refractivity contribution >= 4 is 23.3 Å². The van der Waals surface area contributed by atoms with Crippen molar-refractivity contribution in [2.45, 2.75) is 19.9 Å². The van der Waals surface area contributed by atoms with E-state index in [-0.39, 0.29) is 11.9 Å². The lowest BCUT2D eigenvalue weighted by Gasteiger charge is -2.36. The Morgan fingerprint density at radius 3 is 2.56 bits per heavy atom. The number of benzene rings is 3. The van der Waals surface area contributed by atoms with Crippen LogP contribution in [0.25, 0.3) is 0 Å². The van der Waals surface area contributed by atoms with E-state index < -0.39 is 0 Å². The number of rotatable bonds is 5. The summed E-state index contributed by atoms with van der Waals surface area (Å²) in [5.74, 6) is -0.169. The number of carbonyl (C=O) groups excluding carboxylic acids is 2. The summed E-state index contributed by atoms with van der Waals surface area (Å²) in [6.45, 7) is 3.64. The van der Waals surface area contributed by atoms with E-state index >= 15 is 0 Å². The van der Waals surface area contributed by atoms with Gasteiger partial charge in [0.05, 0.1) is 11.6 Å². The lowest BCUT2D eigenvalue weighted by Crippen LogP contribution is -2.49. The number of aryl methyl sites for hydroxylation is 1. The largest absolute Gasteiger partial charge is 0.324 e. The van der Waals surface area contributed by atoms with E-state index in [1.54, 1.807) is 34.1 Å². The number of carbonyl (C=O) groups is 2. The van der Waals surface area contributed by atoms with E-state index in [9.17, 15) is 14.9 Å². The molecule has 1 aliphatic heterocycles. The number of urea groups is 1. The molecule has 6 nitrogen and oxygen atoms in total. The standard InChI is InChI=1S/C26H24N4O2/c1-19-6-4-9-20(16-19)25(31)28-23-10-12-24(13-11-23)30-15-5-14-29(26(30)32)18-22-8-3-2-7-21(22)17-27/h2-4,6-13,16H,5,14-15,18H2,1H3,(H,28,31). The number of anilines is 2. The maximum absolute atomic E-state index is 13.1. The number of nitrogens with one attached hydrogen (secondary N) is 1. The molecular formula is C26H24N4O2. The van der Waals surface area contributed by atoms with E-state index in [1.807, 2.05) is 55.5 Å². The zero-order valence-corrected chi connectivity index (χ0v) is 17.9. The maximum Gasteiger partial charge on any atom is 0.324 e. The van der Waals surface area contributed by atoms with Crippen LogP contribution in [-0.2, 0) is 6.54 Å². The first-order chi connectivity index (χ1) is 15.5. The van der Waals surface area contributed by atoms with E-state index in [0.29, 0.717) is 36.4 Å². The summed E-state index contributed by atoms with van der Waals surface area (Å²) in [6, 6.07) is 24.2. The van der Waals surface area contributed by atoms with Gasteiger partial charge < -0.3 is 10.2 Å². The smallest absolute Gasteiger partial charge is 0.322 e. The van der Waals surface area contributed by atoms with Crippen LogP contribution in [0.2, 0.25) is 0 Å². The van der Waals surface area contributed by atoms with Crippen LogP contribution in [0.15, 0.2) is 72.8 Å². The SMILES string of the molecule is Cc1cccc(C(=O)Nc2ccc(N3CCCN(Cc4ccccc4C#N)C3=O)cc2)c1. The number of hydrogen-bond acceptors (Lipinski definition) is 3. The molecule has 0 bridgehead atoms. The molecule has 32 heavy (non-hydrogen) atoms. The van der Waals surface area contributed by atoms with Crippen LogP contribution in [0.1, 0.15) is 33.5 Å². The summed E-state index contributed by atoms with van der Waals surface area (Å²) in [4.78, 5) is 29.1. The average molecular weight is 425 g/mol. The van der Waals surface area contributed by atoms with E-state index in [4.69, 9.17) is 0 Å². The molecule has 0 spiro atoms. The van der Waals surface area contributed by atoms with Crippen molar-refractivity contribution < 1.29 is 9.59 Å². The third-order valence-corrected chi connectivity index (χ3v) is 5.53. The molecule has 1 saturated heterocycles. The molecule has 6 heteroatoms. The predicted molar refractivity (Wildman–Crippen MR) is 125 cm³/mol. The van der Waals surface area contributed by atoms with Gasteiger partial charge in [0.2, 0.25) is 0 Å². The highest BCUT2D eigenvalue weighted by molar-refractivity contribution is 6.04. The predicted octanol–water partition coefficient (Wildman–Crippen LogP) is 4.95. The van der Waals surface area contributed by atoms with Gasteiger partial charge in [-0.05, 0) is 61.4 Å². The summed E-state index contributed by atoms with van der Waals surface area (Å²) in [5.41, 5.74) is 4.52. The number of hydrogen-bond donors (Lipinski definition) is 1. The summed E-state index contributed by atoms with van der Waals surface area (Å²) in [5, 5.41) is 12.2. The highest BCUT2D eigenvalue weighted by Gasteiger charge is 2.27. The Balaban J connectivity index is 1.44. The van der Waals surface area contributed by atoms with E-state index in [0.717, 1.165) is 23.2 Å².